The van der Waals surface area contributed by atoms with E-state index in [1.807, 2.05) is 0 Å². The van der Waals surface area contributed by atoms with E-state index in [0.29, 0.717) is 5.69 Å². The number of halogens is 3. The molecule has 1 atom stereocenters. The standard InChI is InChI=1S/C29H28F3N4O7P/c1-2-3-10-19-40-28(38)36(41-26(37)29(30,31)32)25(20-21-15-17-22(18-16-21)35-27(33)34)44(39,42-23-11-6-4-7-12-23)43-24-13-8-5-9-14-24/h1,4-9,11-18,25H,3,10,19-20H2,(H4,33,34,35). The Balaban J connectivity index is 2.17. The second kappa shape index (κ2) is 15.4. The van der Waals surface area contributed by atoms with E-state index >= 15 is 0 Å². The van der Waals surface area contributed by atoms with E-state index in [1.54, 1.807) is 36.4 Å². The Morgan fingerprint density at radius 3 is 1.95 bits per heavy atom. The first-order valence-corrected chi connectivity index (χ1v) is 14.5. The fraction of sp³-hybridized carbons (Fsp3) is 0.207. The lowest BCUT2D eigenvalue weighted by molar-refractivity contribution is -0.233. The number of hydrogen-bond donors (Lipinski definition) is 2. The average molecular weight is 633 g/mol. The molecule has 1 amide bonds. The predicted octanol–water partition coefficient (Wildman–Crippen LogP) is 5.68. The van der Waals surface area contributed by atoms with Gasteiger partial charge in [0.2, 0.25) is 5.78 Å². The van der Waals surface area contributed by atoms with E-state index in [9.17, 15) is 27.3 Å². The van der Waals surface area contributed by atoms with Gasteiger partial charge in [0.1, 0.15) is 11.5 Å². The zero-order valence-electron chi connectivity index (χ0n) is 23.1. The van der Waals surface area contributed by atoms with Crippen molar-refractivity contribution in [1.82, 2.24) is 5.06 Å². The molecule has 1 unspecified atom stereocenters. The van der Waals surface area contributed by atoms with Crippen molar-refractivity contribution >= 4 is 31.3 Å². The van der Waals surface area contributed by atoms with Crippen molar-refractivity contribution in [3.8, 4) is 23.8 Å². The summed E-state index contributed by atoms with van der Waals surface area (Å²) in [6, 6.07) is 20.9. The molecule has 0 radical (unpaired) electrons. The maximum absolute atomic E-state index is 14.8. The molecule has 0 fully saturated rings. The van der Waals surface area contributed by atoms with Gasteiger partial charge in [-0.1, -0.05) is 48.5 Å². The third-order valence-electron chi connectivity index (χ3n) is 5.48. The zero-order chi connectivity index (χ0) is 32.2. The second-order valence-corrected chi connectivity index (χ2v) is 10.9. The number of nitrogens with zero attached hydrogens (tertiary/aromatic N) is 2. The van der Waals surface area contributed by atoms with Crippen LogP contribution in [0.1, 0.15) is 18.4 Å². The highest BCUT2D eigenvalue weighted by molar-refractivity contribution is 7.55. The van der Waals surface area contributed by atoms with Crippen LogP contribution in [0, 0.1) is 12.3 Å². The summed E-state index contributed by atoms with van der Waals surface area (Å²) in [6.07, 6.45) is -2.12. The van der Waals surface area contributed by atoms with Gasteiger partial charge in [-0.05, 0) is 48.4 Å². The maximum atomic E-state index is 14.8. The number of para-hydroxylation sites is 2. The topological polar surface area (TPSA) is 156 Å². The molecule has 0 heterocycles. The van der Waals surface area contributed by atoms with Crippen molar-refractivity contribution < 1.29 is 45.9 Å². The van der Waals surface area contributed by atoms with Gasteiger partial charge in [-0.25, -0.2) is 19.1 Å². The fourth-order valence-corrected chi connectivity index (χ4v) is 5.49. The van der Waals surface area contributed by atoms with E-state index in [4.69, 9.17) is 31.7 Å². The van der Waals surface area contributed by atoms with Crippen LogP contribution in [0.15, 0.2) is 89.9 Å². The van der Waals surface area contributed by atoms with Crippen molar-refractivity contribution in [2.24, 2.45) is 16.5 Å². The number of benzene rings is 3. The van der Waals surface area contributed by atoms with Gasteiger partial charge in [0.05, 0.1) is 12.3 Å². The monoisotopic (exact) mass is 632 g/mol. The van der Waals surface area contributed by atoms with Crippen LogP contribution < -0.4 is 20.5 Å². The number of aliphatic imine (C=N–C) groups is 1. The fourth-order valence-electron chi connectivity index (χ4n) is 3.54. The van der Waals surface area contributed by atoms with Gasteiger partial charge >= 0.3 is 25.8 Å². The Morgan fingerprint density at radius 2 is 1.48 bits per heavy atom. The van der Waals surface area contributed by atoms with E-state index in [0.717, 1.165) is 0 Å². The number of terminal acetylenes is 1. The molecule has 0 saturated carbocycles. The van der Waals surface area contributed by atoms with Crippen LogP contribution in [0.2, 0.25) is 0 Å². The molecule has 3 aromatic carbocycles. The zero-order valence-corrected chi connectivity index (χ0v) is 23.9. The number of alkyl halides is 3. The van der Waals surface area contributed by atoms with E-state index in [-0.39, 0.29) is 47.5 Å². The molecule has 3 aromatic rings. The summed E-state index contributed by atoms with van der Waals surface area (Å²) in [5.74, 6) is -2.76. The highest BCUT2D eigenvalue weighted by Crippen LogP contribution is 2.55. The minimum Gasteiger partial charge on any atom is -0.447 e. The Bertz CT molecular complexity index is 1470. The number of guanidine groups is 1. The lowest BCUT2D eigenvalue weighted by Crippen LogP contribution is -2.47. The molecule has 3 rings (SSSR count). The Labute approximate surface area is 251 Å². The molecular weight excluding hydrogens is 604 g/mol. The third-order valence-corrected chi connectivity index (χ3v) is 7.54. The highest BCUT2D eigenvalue weighted by Gasteiger charge is 2.52. The Morgan fingerprint density at radius 1 is 0.932 bits per heavy atom. The summed E-state index contributed by atoms with van der Waals surface area (Å²) in [7, 11) is -4.86. The Hall–Kier alpha value is -5.15. The number of carbonyl (C=O) groups excluding carboxylic acids is 2. The molecule has 44 heavy (non-hydrogen) atoms. The van der Waals surface area contributed by atoms with Crippen molar-refractivity contribution in [1.29, 1.82) is 0 Å². The van der Waals surface area contributed by atoms with Crippen molar-refractivity contribution in [3.05, 3.63) is 90.5 Å². The number of rotatable bonds is 12. The predicted molar refractivity (Wildman–Crippen MR) is 155 cm³/mol. The largest absolute Gasteiger partial charge is 0.493 e. The minimum atomic E-state index is -5.54. The van der Waals surface area contributed by atoms with Crippen molar-refractivity contribution in [2.45, 2.75) is 31.2 Å². The van der Waals surface area contributed by atoms with E-state index in [2.05, 4.69) is 15.8 Å². The van der Waals surface area contributed by atoms with Crippen LogP contribution in [0.25, 0.3) is 0 Å². The molecular formula is C29H28F3N4O7P. The first-order chi connectivity index (χ1) is 20.9. The lowest BCUT2D eigenvalue weighted by Gasteiger charge is -2.33. The molecule has 0 saturated heterocycles. The number of ether oxygens (including phenoxy) is 1. The second-order valence-electron chi connectivity index (χ2n) is 8.86. The lowest BCUT2D eigenvalue weighted by atomic mass is 10.1. The van der Waals surface area contributed by atoms with Crippen molar-refractivity contribution in [2.75, 3.05) is 6.61 Å². The van der Waals surface area contributed by atoms with Crippen LogP contribution in [0.3, 0.4) is 0 Å². The summed E-state index contributed by atoms with van der Waals surface area (Å²) in [5.41, 5.74) is 11.4. The molecule has 0 aliphatic heterocycles. The summed E-state index contributed by atoms with van der Waals surface area (Å²) >= 11 is 0. The number of unbranched alkanes of at least 4 members (excludes halogenated alkanes) is 1. The van der Waals surface area contributed by atoms with Gasteiger partial charge in [0, 0.05) is 12.8 Å². The SMILES string of the molecule is C#CCCCOC(=O)N(OC(=O)C(F)(F)F)C(Cc1ccc(N=C(N)N)cc1)P(=O)(Oc1ccccc1)Oc1ccccc1. The van der Waals surface area contributed by atoms with Gasteiger partial charge in [0.25, 0.3) is 0 Å². The maximum Gasteiger partial charge on any atom is 0.493 e. The van der Waals surface area contributed by atoms with Gasteiger partial charge < -0.3 is 30.1 Å². The van der Waals surface area contributed by atoms with Crippen molar-refractivity contribution in [3.63, 3.8) is 0 Å². The number of amides is 1. The van der Waals surface area contributed by atoms with Crippen LogP contribution in [0.4, 0.5) is 23.7 Å². The molecule has 232 valence electrons. The minimum absolute atomic E-state index is 0.0237. The smallest absolute Gasteiger partial charge is 0.447 e. The summed E-state index contributed by atoms with van der Waals surface area (Å²) in [5, 5.41) is -0.0811. The van der Waals surface area contributed by atoms with Gasteiger partial charge in [-0.15, -0.1) is 17.4 Å². The number of hydrogen-bond acceptors (Lipinski definition) is 8. The molecule has 4 N–H and O–H groups in total. The third kappa shape index (κ3) is 9.99. The van der Waals surface area contributed by atoms with Gasteiger partial charge in [0.15, 0.2) is 5.96 Å². The molecule has 0 bridgehead atoms. The van der Waals surface area contributed by atoms with Crippen LogP contribution in [-0.4, -0.2) is 41.7 Å². The molecule has 0 spiro atoms. The van der Waals surface area contributed by atoms with Crippen LogP contribution in [0.5, 0.6) is 11.5 Å². The highest BCUT2D eigenvalue weighted by atomic mass is 31.2. The van der Waals surface area contributed by atoms with Gasteiger partial charge in [-0.2, -0.15) is 13.2 Å². The summed E-state index contributed by atoms with van der Waals surface area (Å²) in [4.78, 5) is 33.8. The normalized spacial score (nSPS) is 11.8. The molecule has 0 aromatic heterocycles. The quantitative estimate of drug-likeness (QED) is 0.0640. The molecule has 0 aliphatic carbocycles. The van der Waals surface area contributed by atoms with Crippen LogP contribution in [-0.2, 0) is 25.4 Å². The summed E-state index contributed by atoms with van der Waals surface area (Å²) < 4.78 is 71.7. The first kappa shape index (κ1) is 33.4. The average Bonchev–Trinajstić information content (AvgIpc) is 2.98. The van der Waals surface area contributed by atoms with Crippen LogP contribution >= 0.6 is 7.60 Å². The van der Waals surface area contributed by atoms with E-state index in [1.165, 1.54) is 48.5 Å². The molecule has 0 aliphatic rings. The number of nitrogens with two attached hydrogens (primary N) is 2. The van der Waals surface area contributed by atoms with Gasteiger partial charge in [-0.3, -0.25) is 0 Å². The molecule has 11 nitrogen and oxygen atoms in total. The number of hydroxylamine groups is 2. The first-order valence-electron chi connectivity index (χ1n) is 12.9. The van der Waals surface area contributed by atoms with E-state index < -0.39 is 38.0 Å². The summed E-state index contributed by atoms with van der Waals surface area (Å²) in [6.45, 7) is -0.355. The number of carbonyl (C=O) groups is 2. The Kier molecular flexibility index (Phi) is 11.6. The molecule has 15 heteroatoms.